The molecule has 0 amide bonds. The number of amidine groups is 1. The van der Waals surface area contributed by atoms with E-state index >= 15 is 0 Å². The highest BCUT2D eigenvalue weighted by atomic mass is 32.2. The Kier molecular flexibility index (Phi) is 9.30. The summed E-state index contributed by atoms with van der Waals surface area (Å²) in [4.78, 5) is 30.8. The quantitative estimate of drug-likeness (QED) is 0.342. The van der Waals surface area contributed by atoms with E-state index in [-0.39, 0.29) is 0 Å². The maximum Gasteiger partial charge on any atom is 0.328 e. The fourth-order valence-electron chi connectivity index (χ4n) is 2.91. The number of hydrogen-bond acceptors (Lipinski definition) is 4. The van der Waals surface area contributed by atoms with E-state index in [9.17, 15) is 9.59 Å². The fraction of sp³-hybridized carbons (Fsp3) is 0.381. The molecule has 3 N–H and O–H groups in total. The van der Waals surface area contributed by atoms with Gasteiger partial charge in [0.1, 0.15) is 0 Å². The van der Waals surface area contributed by atoms with Crippen molar-refractivity contribution in [2.75, 3.05) is 25.9 Å². The maximum absolute atomic E-state index is 9.55. The van der Waals surface area contributed by atoms with Crippen LogP contribution in [0.15, 0.2) is 52.5 Å². The van der Waals surface area contributed by atoms with Crippen molar-refractivity contribution in [1.29, 1.82) is 0 Å². The van der Waals surface area contributed by atoms with Gasteiger partial charge in [0.15, 0.2) is 0 Å². The second-order valence-corrected chi connectivity index (χ2v) is 7.72. The summed E-state index contributed by atoms with van der Waals surface area (Å²) in [6.07, 6.45) is 8.09. The van der Waals surface area contributed by atoms with Gasteiger partial charge in [0.2, 0.25) is 0 Å². The lowest BCUT2D eigenvalue weighted by Gasteiger charge is -2.10. The molecule has 0 radical (unpaired) electrons. The third kappa shape index (κ3) is 8.03. The van der Waals surface area contributed by atoms with Crippen molar-refractivity contribution < 1.29 is 19.8 Å². The molecule has 0 saturated carbocycles. The number of likely N-dealkylation sites (tertiary alicyclic amines) is 1. The van der Waals surface area contributed by atoms with Crippen molar-refractivity contribution in [3.63, 3.8) is 0 Å². The van der Waals surface area contributed by atoms with Crippen LogP contribution in [0, 0.1) is 0 Å². The summed E-state index contributed by atoms with van der Waals surface area (Å²) in [6, 6.07) is 8.50. The first kappa shape index (κ1) is 22.5. The number of carboxylic acids is 2. The molecule has 1 saturated heterocycles. The van der Waals surface area contributed by atoms with E-state index < -0.39 is 11.9 Å². The number of H-pyrrole nitrogens is 1. The Labute approximate surface area is 174 Å². The van der Waals surface area contributed by atoms with Crippen LogP contribution >= 0.6 is 11.8 Å². The van der Waals surface area contributed by atoms with Gasteiger partial charge >= 0.3 is 11.9 Å². The molecule has 0 unspecified atom stereocenters. The number of nitrogens with zero attached hydrogens (tertiary/aromatic N) is 2. The number of carbonyl (C=O) groups is 2. The Hall–Kier alpha value is -2.74. The molecule has 0 atom stereocenters. The number of aromatic amines is 1. The number of aromatic nitrogens is 1. The number of aliphatic carboxylic acids is 2. The zero-order chi connectivity index (χ0) is 21.1. The van der Waals surface area contributed by atoms with Gasteiger partial charge in [-0.25, -0.2) is 9.59 Å². The van der Waals surface area contributed by atoms with Crippen molar-refractivity contribution in [2.45, 2.75) is 30.6 Å². The van der Waals surface area contributed by atoms with Gasteiger partial charge in [-0.3, -0.25) is 4.99 Å². The summed E-state index contributed by atoms with van der Waals surface area (Å²) in [5.74, 6) is -0.0400. The number of aliphatic imine (C=N–C) groups is 1. The summed E-state index contributed by atoms with van der Waals surface area (Å²) in [5.41, 5.74) is 1.23. The van der Waals surface area contributed by atoms with Crippen LogP contribution in [0.5, 0.6) is 0 Å². The van der Waals surface area contributed by atoms with Crippen LogP contribution in [-0.4, -0.2) is 63.8 Å². The average Bonchev–Trinajstić information content (AvgIpc) is 3.29. The van der Waals surface area contributed by atoms with Crippen molar-refractivity contribution in [3.05, 3.63) is 42.6 Å². The molecule has 2 heterocycles. The largest absolute Gasteiger partial charge is 0.478 e. The monoisotopic (exact) mass is 417 g/mol. The smallest absolute Gasteiger partial charge is 0.328 e. The topological polar surface area (TPSA) is 106 Å². The number of fused-ring (bicyclic) bond motifs is 1. The van der Waals surface area contributed by atoms with Gasteiger partial charge in [0, 0.05) is 60.7 Å². The molecule has 29 heavy (non-hydrogen) atoms. The minimum atomic E-state index is -1.26. The van der Waals surface area contributed by atoms with E-state index in [4.69, 9.17) is 15.2 Å². The van der Waals surface area contributed by atoms with Gasteiger partial charge in [0.05, 0.1) is 5.84 Å². The number of nitrogens with one attached hydrogen (secondary N) is 1. The Morgan fingerprint density at radius 1 is 1.21 bits per heavy atom. The number of thioether (sulfide) groups is 1. The standard InChI is InChI=1S/C17H23N3S.C4H4O4/c1-20-11-6-9-17(20)18-10-4-5-12-21-16-13-19-15-8-3-2-7-14(15)16;5-3(6)1-2-4(7)8/h2-3,7-8,13,19H,4-6,9-12H2,1H3;1-2H,(H,5,6)(H,7,8)/b18-17+;2-1+. The Morgan fingerprint density at radius 3 is 2.59 bits per heavy atom. The minimum absolute atomic E-state index is 0.558. The zero-order valence-electron chi connectivity index (χ0n) is 16.5. The van der Waals surface area contributed by atoms with Crippen LogP contribution in [0.1, 0.15) is 25.7 Å². The van der Waals surface area contributed by atoms with Crippen LogP contribution in [-0.2, 0) is 9.59 Å². The van der Waals surface area contributed by atoms with Crippen molar-refractivity contribution in [2.24, 2.45) is 4.99 Å². The van der Waals surface area contributed by atoms with Gasteiger partial charge in [-0.15, -0.1) is 11.8 Å². The van der Waals surface area contributed by atoms with Crippen LogP contribution in [0.25, 0.3) is 10.9 Å². The molecule has 0 aliphatic carbocycles. The van der Waals surface area contributed by atoms with E-state index in [1.807, 2.05) is 11.8 Å². The van der Waals surface area contributed by atoms with E-state index in [2.05, 4.69) is 47.4 Å². The molecule has 2 aromatic rings. The predicted octanol–water partition coefficient (Wildman–Crippen LogP) is 3.88. The minimum Gasteiger partial charge on any atom is -0.478 e. The molecule has 3 rings (SSSR count). The second-order valence-electron chi connectivity index (χ2n) is 6.59. The summed E-state index contributed by atoms with van der Waals surface area (Å²) in [7, 11) is 2.15. The third-order valence-electron chi connectivity index (χ3n) is 4.36. The lowest BCUT2D eigenvalue weighted by Crippen LogP contribution is -2.19. The number of carboxylic acid groups (broad SMARTS) is 2. The predicted molar refractivity (Wildman–Crippen MR) is 117 cm³/mol. The number of benzene rings is 1. The van der Waals surface area contributed by atoms with E-state index in [1.165, 1.54) is 59.6 Å². The van der Waals surface area contributed by atoms with Crippen LogP contribution in [0.4, 0.5) is 0 Å². The number of unbranched alkanes of at least 4 members (excludes halogenated alkanes) is 1. The van der Waals surface area contributed by atoms with E-state index in [0.717, 1.165) is 6.54 Å². The highest BCUT2D eigenvalue weighted by Crippen LogP contribution is 2.28. The summed E-state index contributed by atoms with van der Waals surface area (Å²) in [6.45, 7) is 2.16. The van der Waals surface area contributed by atoms with Crippen LogP contribution in [0.3, 0.4) is 0 Å². The number of rotatable bonds is 8. The van der Waals surface area contributed by atoms with Crippen molar-refractivity contribution >= 4 is 40.4 Å². The molecule has 8 heteroatoms. The van der Waals surface area contributed by atoms with Gasteiger partial charge in [-0.2, -0.15) is 0 Å². The molecule has 0 spiro atoms. The zero-order valence-corrected chi connectivity index (χ0v) is 17.3. The molecular formula is C21H27N3O4S. The van der Waals surface area contributed by atoms with Gasteiger partial charge < -0.3 is 20.1 Å². The van der Waals surface area contributed by atoms with Crippen molar-refractivity contribution in [1.82, 2.24) is 9.88 Å². The highest BCUT2D eigenvalue weighted by molar-refractivity contribution is 7.99. The molecular weight excluding hydrogens is 390 g/mol. The molecule has 0 bridgehead atoms. The first-order valence-corrected chi connectivity index (χ1v) is 10.5. The van der Waals surface area contributed by atoms with Crippen LogP contribution < -0.4 is 0 Å². The van der Waals surface area contributed by atoms with E-state index in [1.54, 1.807) is 0 Å². The highest BCUT2D eigenvalue weighted by Gasteiger charge is 2.12. The third-order valence-corrected chi connectivity index (χ3v) is 5.50. The Morgan fingerprint density at radius 2 is 1.93 bits per heavy atom. The van der Waals surface area contributed by atoms with Crippen LogP contribution in [0.2, 0.25) is 0 Å². The molecule has 1 aromatic carbocycles. The summed E-state index contributed by atoms with van der Waals surface area (Å²) in [5, 5.41) is 17.0. The normalized spacial score (nSPS) is 15.1. The number of hydrogen-bond donors (Lipinski definition) is 3. The fourth-order valence-corrected chi connectivity index (χ4v) is 3.95. The molecule has 7 nitrogen and oxygen atoms in total. The van der Waals surface area contributed by atoms with Gasteiger partial charge in [-0.1, -0.05) is 18.2 Å². The first-order chi connectivity index (χ1) is 14.0. The van der Waals surface area contributed by atoms with Gasteiger partial charge in [0.25, 0.3) is 0 Å². The Bertz CT molecular complexity index is 860. The van der Waals surface area contributed by atoms with Crippen molar-refractivity contribution in [3.8, 4) is 0 Å². The Balaban J connectivity index is 0.000000321. The molecule has 1 aliphatic rings. The molecule has 1 aliphatic heterocycles. The van der Waals surface area contributed by atoms with Gasteiger partial charge in [-0.05, 0) is 31.1 Å². The SMILES string of the molecule is CN1CCC/C1=N\CCCCSc1c[nH]c2ccccc12.O=C(O)/C=C/C(=O)O. The lowest BCUT2D eigenvalue weighted by molar-refractivity contribution is -0.134. The molecule has 1 fully saturated rings. The first-order valence-electron chi connectivity index (χ1n) is 9.54. The molecule has 1 aromatic heterocycles. The van der Waals surface area contributed by atoms with E-state index in [0.29, 0.717) is 12.2 Å². The maximum atomic E-state index is 9.55. The second kappa shape index (κ2) is 12.0. The summed E-state index contributed by atoms with van der Waals surface area (Å²) >= 11 is 1.95. The summed E-state index contributed by atoms with van der Waals surface area (Å²) < 4.78 is 0. The number of para-hydroxylation sites is 1. The average molecular weight is 418 g/mol. The molecule has 156 valence electrons. The lowest BCUT2D eigenvalue weighted by atomic mass is 10.2.